The van der Waals surface area contributed by atoms with Gasteiger partial charge in [-0.25, -0.2) is 14.5 Å². The molecular formula is C13H15N3O3. The number of hydrogen-bond acceptors (Lipinski definition) is 5. The lowest BCUT2D eigenvalue weighted by Crippen LogP contribution is -2.05. The fourth-order valence-corrected chi connectivity index (χ4v) is 1.57. The maximum atomic E-state index is 11.5. The summed E-state index contributed by atoms with van der Waals surface area (Å²) in [4.78, 5) is 15.5. The summed E-state index contributed by atoms with van der Waals surface area (Å²) in [6.45, 7) is 3.98. The Hall–Kier alpha value is -2.37. The van der Waals surface area contributed by atoms with Crippen LogP contribution >= 0.6 is 0 Å². The maximum absolute atomic E-state index is 11.5. The predicted molar refractivity (Wildman–Crippen MR) is 68.2 cm³/mol. The van der Waals surface area contributed by atoms with Crippen LogP contribution in [0.15, 0.2) is 24.4 Å². The topological polar surface area (TPSA) is 66.2 Å². The van der Waals surface area contributed by atoms with Crippen LogP contribution in [0.25, 0.3) is 0 Å². The van der Waals surface area contributed by atoms with E-state index in [9.17, 15) is 4.79 Å². The molecule has 2 rings (SSSR count). The van der Waals surface area contributed by atoms with Gasteiger partial charge in [-0.3, -0.25) is 0 Å². The van der Waals surface area contributed by atoms with E-state index in [2.05, 4.69) is 10.1 Å². The molecule has 2 aromatic rings. The standard InChI is InChI=1S/C13H15N3O3/c1-4-18-13(17)10-5-6-11(14-8-10)19-12-7-9(2)15-16(12)3/h5-8H,4H2,1-3H3. The van der Waals surface area contributed by atoms with Crippen molar-refractivity contribution in [1.29, 1.82) is 0 Å². The van der Waals surface area contributed by atoms with Crippen molar-refractivity contribution in [2.24, 2.45) is 7.05 Å². The number of ether oxygens (including phenoxy) is 2. The van der Waals surface area contributed by atoms with Crippen molar-refractivity contribution in [2.75, 3.05) is 6.61 Å². The summed E-state index contributed by atoms with van der Waals surface area (Å²) in [5.41, 5.74) is 1.26. The number of carbonyl (C=O) groups excluding carboxylic acids is 1. The van der Waals surface area contributed by atoms with Gasteiger partial charge in [0.1, 0.15) is 0 Å². The molecule has 2 heterocycles. The normalized spacial score (nSPS) is 10.3. The Morgan fingerprint density at radius 3 is 2.74 bits per heavy atom. The number of esters is 1. The Morgan fingerprint density at radius 2 is 2.21 bits per heavy atom. The van der Waals surface area contributed by atoms with Crippen molar-refractivity contribution < 1.29 is 14.3 Å². The van der Waals surface area contributed by atoms with Crippen LogP contribution < -0.4 is 4.74 Å². The molecule has 0 spiro atoms. The van der Waals surface area contributed by atoms with E-state index in [0.717, 1.165) is 5.69 Å². The molecule has 6 heteroatoms. The van der Waals surface area contributed by atoms with Crippen molar-refractivity contribution in [2.45, 2.75) is 13.8 Å². The lowest BCUT2D eigenvalue weighted by molar-refractivity contribution is 0.0526. The molecule has 0 unspecified atom stereocenters. The van der Waals surface area contributed by atoms with E-state index >= 15 is 0 Å². The third-order valence-corrected chi connectivity index (χ3v) is 2.42. The van der Waals surface area contributed by atoms with Gasteiger partial charge in [0, 0.05) is 25.4 Å². The number of aromatic nitrogens is 3. The van der Waals surface area contributed by atoms with Gasteiger partial charge in [0.15, 0.2) is 0 Å². The van der Waals surface area contributed by atoms with Crippen molar-refractivity contribution >= 4 is 5.97 Å². The molecule has 2 aromatic heterocycles. The molecule has 0 atom stereocenters. The lowest BCUT2D eigenvalue weighted by atomic mass is 10.3. The molecule has 0 N–H and O–H groups in total. The highest BCUT2D eigenvalue weighted by Gasteiger charge is 2.09. The first kappa shape index (κ1) is 13.1. The lowest BCUT2D eigenvalue weighted by Gasteiger charge is -2.05. The SMILES string of the molecule is CCOC(=O)c1ccc(Oc2cc(C)nn2C)nc1. The van der Waals surface area contributed by atoms with Crippen LogP contribution in [-0.2, 0) is 11.8 Å². The predicted octanol–water partition coefficient (Wildman–Crippen LogP) is 2.09. The van der Waals surface area contributed by atoms with Gasteiger partial charge in [0.05, 0.1) is 17.9 Å². The molecule has 0 radical (unpaired) electrons. The number of aryl methyl sites for hydroxylation is 2. The highest BCUT2D eigenvalue weighted by molar-refractivity contribution is 5.89. The smallest absolute Gasteiger partial charge is 0.339 e. The van der Waals surface area contributed by atoms with Gasteiger partial charge in [-0.1, -0.05) is 0 Å². The van der Waals surface area contributed by atoms with E-state index in [1.807, 2.05) is 6.92 Å². The first-order valence-electron chi connectivity index (χ1n) is 5.92. The van der Waals surface area contributed by atoms with Crippen LogP contribution in [0.2, 0.25) is 0 Å². The minimum absolute atomic E-state index is 0.339. The first-order chi connectivity index (χ1) is 9.10. The van der Waals surface area contributed by atoms with Gasteiger partial charge < -0.3 is 9.47 Å². The number of carbonyl (C=O) groups is 1. The molecule has 0 saturated heterocycles. The third kappa shape index (κ3) is 3.09. The van der Waals surface area contributed by atoms with Crippen molar-refractivity contribution in [3.05, 3.63) is 35.7 Å². The number of pyridine rings is 1. The second-order valence-electron chi connectivity index (χ2n) is 3.96. The molecule has 0 aliphatic heterocycles. The summed E-state index contributed by atoms with van der Waals surface area (Å²) in [5.74, 6) is 0.600. The van der Waals surface area contributed by atoms with E-state index in [1.54, 1.807) is 36.9 Å². The Balaban J connectivity index is 2.10. The van der Waals surface area contributed by atoms with Crippen LogP contribution in [0.1, 0.15) is 23.0 Å². The van der Waals surface area contributed by atoms with Crippen LogP contribution in [0.5, 0.6) is 11.8 Å². The molecule has 0 bridgehead atoms. The average Bonchev–Trinajstić information content (AvgIpc) is 2.69. The minimum Gasteiger partial charge on any atom is -0.462 e. The minimum atomic E-state index is -0.391. The van der Waals surface area contributed by atoms with E-state index in [4.69, 9.17) is 9.47 Å². The van der Waals surface area contributed by atoms with Crippen molar-refractivity contribution in [3.63, 3.8) is 0 Å². The van der Waals surface area contributed by atoms with E-state index < -0.39 is 5.97 Å². The summed E-state index contributed by atoms with van der Waals surface area (Å²) in [7, 11) is 1.79. The molecule has 0 aliphatic carbocycles. The maximum Gasteiger partial charge on any atom is 0.339 e. The van der Waals surface area contributed by atoms with Gasteiger partial charge in [-0.2, -0.15) is 5.10 Å². The monoisotopic (exact) mass is 261 g/mol. The second-order valence-corrected chi connectivity index (χ2v) is 3.96. The zero-order chi connectivity index (χ0) is 13.8. The largest absolute Gasteiger partial charge is 0.462 e. The van der Waals surface area contributed by atoms with Gasteiger partial charge in [0.25, 0.3) is 0 Å². The average molecular weight is 261 g/mol. The van der Waals surface area contributed by atoms with Crippen molar-refractivity contribution in [3.8, 4) is 11.8 Å². The third-order valence-electron chi connectivity index (χ3n) is 2.42. The van der Waals surface area contributed by atoms with Crippen LogP contribution in [0, 0.1) is 6.92 Å². The highest BCUT2D eigenvalue weighted by atomic mass is 16.5. The molecule has 0 aromatic carbocycles. The summed E-state index contributed by atoms with van der Waals surface area (Å²) in [5, 5.41) is 4.17. The molecule has 100 valence electrons. The van der Waals surface area contributed by atoms with Crippen LogP contribution in [0.4, 0.5) is 0 Å². The summed E-state index contributed by atoms with van der Waals surface area (Å²) < 4.78 is 12.1. The summed E-state index contributed by atoms with van der Waals surface area (Å²) >= 11 is 0. The van der Waals surface area contributed by atoms with Gasteiger partial charge >= 0.3 is 5.97 Å². The zero-order valence-electron chi connectivity index (χ0n) is 11.1. The second kappa shape index (κ2) is 5.51. The summed E-state index contributed by atoms with van der Waals surface area (Å²) in [6, 6.07) is 5.04. The molecule has 19 heavy (non-hydrogen) atoms. The molecule has 0 aliphatic rings. The zero-order valence-corrected chi connectivity index (χ0v) is 11.1. The Morgan fingerprint density at radius 1 is 1.42 bits per heavy atom. The quantitative estimate of drug-likeness (QED) is 0.788. The molecule has 0 saturated carbocycles. The first-order valence-corrected chi connectivity index (χ1v) is 5.92. The van der Waals surface area contributed by atoms with Gasteiger partial charge in [-0.05, 0) is 19.9 Å². The Bertz CT molecular complexity index is 575. The van der Waals surface area contributed by atoms with E-state index in [0.29, 0.717) is 23.9 Å². The van der Waals surface area contributed by atoms with Crippen LogP contribution in [-0.4, -0.2) is 27.3 Å². The fraction of sp³-hybridized carbons (Fsp3) is 0.308. The van der Waals surface area contributed by atoms with Gasteiger partial charge in [0.2, 0.25) is 11.8 Å². The van der Waals surface area contributed by atoms with Crippen LogP contribution in [0.3, 0.4) is 0 Å². The molecular weight excluding hydrogens is 246 g/mol. The number of rotatable bonds is 4. The van der Waals surface area contributed by atoms with E-state index in [-0.39, 0.29) is 0 Å². The number of nitrogens with zero attached hydrogens (tertiary/aromatic N) is 3. The Labute approximate surface area is 111 Å². The highest BCUT2D eigenvalue weighted by Crippen LogP contribution is 2.19. The fourth-order valence-electron chi connectivity index (χ4n) is 1.57. The molecule has 0 amide bonds. The Kier molecular flexibility index (Phi) is 3.79. The molecule has 6 nitrogen and oxygen atoms in total. The van der Waals surface area contributed by atoms with Crippen molar-refractivity contribution in [1.82, 2.24) is 14.8 Å². The summed E-state index contributed by atoms with van der Waals surface area (Å²) in [6.07, 6.45) is 1.43. The van der Waals surface area contributed by atoms with E-state index in [1.165, 1.54) is 6.20 Å². The van der Waals surface area contributed by atoms with Gasteiger partial charge in [-0.15, -0.1) is 0 Å². The number of hydrogen-bond donors (Lipinski definition) is 0. The molecule has 0 fully saturated rings.